The van der Waals surface area contributed by atoms with E-state index in [0.29, 0.717) is 17.0 Å². The molecule has 0 spiro atoms. The first kappa shape index (κ1) is 11.9. The molecule has 1 amide bonds. The van der Waals surface area contributed by atoms with Crippen LogP contribution in [0.4, 0.5) is 0 Å². The maximum absolute atomic E-state index is 11.5. The lowest BCUT2D eigenvalue weighted by molar-refractivity contribution is -0.121. The van der Waals surface area contributed by atoms with E-state index in [2.05, 4.69) is 17.6 Å². The second-order valence-electron chi connectivity index (χ2n) is 4.10. The van der Waals surface area contributed by atoms with Gasteiger partial charge in [-0.3, -0.25) is 4.79 Å². The van der Waals surface area contributed by atoms with Gasteiger partial charge in [0.2, 0.25) is 5.91 Å². The molecule has 14 heavy (non-hydrogen) atoms. The highest BCUT2D eigenvalue weighted by atomic mass is 32.2. The molecule has 0 radical (unpaired) electrons. The number of carbonyl (C=O) groups excluding carboxylic acids is 1. The Hall–Kier alpha value is -0.220. The molecule has 1 aliphatic rings. The minimum atomic E-state index is 0.152. The summed E-state index contributed by atoms with van der Waals surface area (Å²) in [6.45, 7) is 7.23. The summed E-state index contributed by atoms with van der Waals surface area (Å²) in [5.74, 6) is 0.152. The van der Waals surface area contributed by atoms with Crippen LogP contribution in [0.1, 0.15) is 33.6 Å². The fourth-order valence-corrected chi connectivity index (χ4v) is 2.79. The molecule has 0 bridgehead atoms. The van der Waals surface area contributed by atoms with E-state index in [0.717, 1.165) is 6.54 Å². The summed E-state index contributed by atoms with van der Waals surface area (Å²) in [6, 6.07) is 0.244. The number of thioether (sulfide) groups is 1. The predicted molar refractivity (Wildman–Crippen MR) is 61.4 cm³/mol. The summed E-state index contributed by atoms with van der Waals surface area (Å²) in [5, 5.41) is 7.25. The highest BCUT2D eigenvalue weighted by Gasteiger charge is 2.21. The Morgan fingerprint density at radius 2 is 2.36 bits per heavy atom. The van der Waals surface area contributed by atoms with E-state index in [1.54, 1.807) is 0 Å². The minimum absolute atomic E-state index is 0.152. The third kappa shape index (κ3) is 4.33. The molecule has 1 rings (SSSR count). The van der Waals surface area contributed by atoms with Gasteiger partial charge >= 0.3 is 0 Å². The van der Waals surface area contributed by atoms with Crippen LogP contribution in [0.3, 0.4) is 0 Å². The zero-order valence-corrected chi connectivity index (χ0v) is 9.99. The van der Waals surface area contributed by atoms with E-state index < -0.39 is 0 Å². The van der Waals surface area contributed by atoms with Crippen molar-refractivity contribution in [2.75, 3.05) is 6.54 Å². The van der Waals surface area contributed by atoms with Gasteiger partial charge in [-0.15, -0.1) is 11.8 Å². The van der Waals surface area contributed by atoms with Crippen molar-refractivity contribution in [1.82, 2.24) is 10.6 Å². The molecule has 3 nitrogen and oxygen atoms in total. The monoisotopic (exact) mass is 216 g/mol. The number of nitrogens with one attached hydrogen (secondary N) is 2. The first-order chi connectivity index (χ1) is 6.58. The van der Waals surface area contributed by atoms with Crippen LogP contribution in [0.25, 0.3) is 0 Å². The van der Waals surface area contributed by atoms with Crippen molar-refractivity contribution < 1.29 is 4.79 Å². The zero-order chi connectivity index (χ0) is 10.6. The van der Waals surface area contributed by atoms with Gasteiger partial charge in [0.15, 0.2) is 0 Å². The number of hydrogen-bond donors (Lipinski definition) is 2. The highest BCUT2D eigenvalue weighted by molar-refractivity contribution is 8.00. The second-order valence-corrected chi connectivity index (χ2v) is 5.75. The SMILES string of the molecule is CC(C)NC(=O)CC1NCCC(C)S1. The molecule has 1 aliphatic heterocycles. The van der Waals surface area contributed by atoms with Crippen LogP contribution in [-0.4, -0.2) is 29.1 Å². The van der Waals surface area contributed by atoms with Crippen LogP contribution < -0.4 is 10.6 Å². The molecule has 0 aromatic rings. The molecule has 1 fully saturated rings. The summed E-state index contributed by atoms with van der Waals surface area (Å²) in [5.41, 5.74) is 0. The molecule has 1 heterocycles. The molecule has 0 aliphatic carbocycles. The van der Waals surface area contributed by atoms with Crippen molar-refractivity contribution in [2.45, 2.75) is 50.3 Å². The molecule has 2 atom stereocenters. The molecule has 2 N–H and O–H groups in total. The van der Waals surface area contributed by atoms with E-state index >= 15 is 0 Å². The van der Waals surface area contributed by atoms with Crippen molar-refractivity contribution >= 4 is 17.7 Å². The van der Waals surface area contributed by atoms with E-state index in [9.17, 15) is 4.79 Å². The van der Waals surface area contributed by atoms with Gasteiger partial charge in [-0.05, 0) is 26.8 Å². The molecular formula is C10H20N2OS. The normalized spacial score (nSPS) is 27.7. The average molecular weight is 216 g/mol. The van der Waals surface area contributed by atoms with Crippen LogP contribution in [0, 0.1) is 0 Å². The lowest BCUT2D eigenvalue weighted by atomic mass is 10.3. The molecule has 0 aromatic heterocycles. The van der Waals surface area contributed by atoms with Crippen molar-refractivity contribution in [3.05, 3.63) is 0 Å². The van der Waals surface area contributed by atoms with Crippen LogP contribution in [0.2, 0.25) is 0 Å². The van der Waals surface area contributed by atoms with Gasteiger partial charge in [-0.1, -0.05) is 6.92 Å². The van der Waals surface area contributed by atoms with Gasteiger partial charge < -0.3 is 10.6 Å². The topological polar surface area (TPSA) is 41.1 Å². The first-order valence-electron chi connectivity index (χ1n) is 5.26. The van der Waals surface area contributed by atoms with E-state index in [1.165, 1.54) is 6.42 Å². The van der Waals surface area contributed by atoms with Crippen molar-refractivity contribution in [3.8, 4) is 0 Å². The minimum Gasteiger partial charge on any atom is -0.354 e. The van der Waals surface area contributed by atoms with Crippen molar-refractivity contribution in [2.24, 2.45) is 0 Å². The lowest BCUT2D eigenvalue weighted by Crippen LogP contribution is -2.40. The summed E-state index contributed by atoms with van der Waals surface area (Å²) in [7, 11) is 0. The highest BCUT2D eigenvalue weighted by Crippen LogP contribution is 2.24. The summed E-state index contributed by atoms with van der Waals surface area (Å²) in [6.07, 6.45) is 1.79. The van der Waals surface area contributed by atoms with E-state index in [-0.39, 0.29) is 11.9 Å². The Kier molecular flexibility index (Phi) is 4.75. The number of hydrogen-bond acceptors (Lipinski definition) is 3. The van der Waals surface area contributed by atoms with Crippen LogP contribution in [0.15, 0.2) is 0 Å². The number of rotatable bonds is 3. The molecule has 0 aromatic carbocycles. The fraction of sp³-hybridized carbons (Fsp3) is 0.900. The predicted octanol–water partition coefficient (Wildman–Crippen LogP) is 1.34. The summed E-state index contributed by atoms with van der Waals surface area (Å²) in [4.78, 5) is 11.5. The van der Waals surface area contributed by atoms with E-state index in [1.807, 2.05) is 25.6 Å². The Balaban J connectivity index is 2.25. The Labute approximate surface area is 90.4 Å². The van der Waals surface area contributed by atoms with Gasteiger partial charge in [-0.2, -0.15) is 0 Å². The average Bonchev–Trinajstić information content (AvgIpc) is 2.01. The molecule has 1 saturated heterocycles. The molecule has 4 heteroatoms. The smallest absolute Gasteiger partial charge is 0.222 e. The molecular weight excluding hydrogens is 196 g/mol. The lowest BCUT2D eigenvalue weighted by Gasteiger charge is -2.27. The third-order valence-corrected chi connectivity index (χ3v) is 3.50. The van der Waals surface area contributed by atoms with Crippen molar-refractivity contribution in [1.29, 1.82) is 0 Å². The fourth-order valence-electron chi connectivity index (χ4n) is 1.51. The van der Waals surface area contributed by atoms with Gasteiger partial charge in [0.05, 0.1) is 11.8 Å². The van der Waals surface area contributed by atoms with Gasteiger partial charge in [0.1, 0.15) is 0 Å². The first-order valence-corrected chi connectivity index (χ1v) is 6.20. The van der Waals surface area contributed by atoms with Crippen molar-refractivity contribution in [3.63, 3.8) is 0 Å². The van der Waals surface area contributed by atoms with Gasteiger partial charge in [0.25, 0.3) is 0 Å². The Morgan fingerprint density at radius 3 is 2.93 bits per heavy atom. The quantitative estimate of drug-likeness (QED) is 0.748. The number of carbonyl (C=O) groups is 1. The number of amides is 1. The molecule has 82 valence electrons. The molecule has 2 unspecified atom stereocenters. The Morgan fingerprint density at radius 1 is 1.64 bits per heavy atom. The molecule has 0 saturated carbocycles. The van der Waals surface area contributed by atoms with E-state index in [4.69, 9.17) is 0 Å². The zero-order valence-electron chi connectivity index (χ0n) is 9.17. The van der Waals surface area contributed by atoms with Crippen LogP contribution in [0.5, 0.6) is 0 Å². The largest absolute Gasteiger partial charge is 0.354 e. The third-order valence-electron chi connectivity index (χ3n) is 2.14. The van der Waals surface area contributed by atoms with Gasteiger partial charge in [0, 0.05) is 11.3 Å². The maximum atomic E-state index is 11.5. The second kappa shape index (κ2) is 5.61. The Bertz CT molecular complexity index is 197. The van der Waals surface area contributed by atoms with Crippen LogP contribution >= 0.6 is 11.8 Å². The summed E-state index contributed by atoms with van der Waals surface area (Å²) < 4.78 is 0. The van der Waals surface area contributed by atoms with Crippen LogP contribution in [-0.2, 0) is 4.79 Å². The summed E-state index contributed by atoms with van der Waals surface area (Å²) >= 11 is 1.87. The maximum Gasteiger partial charge on any atom is 0.222 e. The van der Waals surface area contributed by atoms with Gasteiger partial charge in [-0.25, -0.2) is 0 Å². The standard InChI is InChI=1S/C10H20N2OS/c1-7(2)12-9(13)6-10-11-5-4-8(3)14-10/h7-8,10-11H,4-6H2,1-3H3,(H,12,13).